The second-order valence-electron chi connectivity index (χ2n) is 9.15. The molecule has 2 amide bonds. The van der Waals surface area contributed by atoms with Crippen molar-refractivity contribution in [3.8, 4) is 11.5 Å². The van der Waals surface area contributed by atoms with Gasteiger partial charge in [0.25, 0.3) is 0 Å². The van der Waals surface area contributed by atoms with Crippen LogP contribution in [-0.4, -0.2) is 58.5 Å². The number of hydrogen-bond acceptors (Lipinski definition) is 6. The number of hydrogen-bond donors (Lipinski definition) is 1. The molecule has 1 heterocycles. The zero-order chi connectivity index (χ0) is 25.5. The lowest BCUT2D eigenvalue weighted by Crippen LogP contribution is -2.47. The Balaban J connectivity index is 1.73. The highest BCUT2D eigenvalue weighted by molar-refractivity contribution is 5.90. The van der Waals surface area contributed by atoms with Gasteiger partial charge >= 0.3 is 0 Å². The predicted molar refractivity (Wildman–Crippen MR) is 137 cm³/mol. The molecular formula is C27H35N5O4. The van der Waals surface area contributed by atoms with Gasteiger partial charge in [0.15, 0.2) is 11.5 Å². The van der Waals surface area contributed by atoms with Crippen LogP contribution in [0.4, 0.5) is 0 Å². The molecule has 1 unspecified atom stereocenters. The molecule has 3 aromatic rings. The van der Waals surface area contributed by atoms with Crippen LogP contribution in [0.3, 0.4) is 0 Å². The Morgan fingerprint density at radius 1 is 1.11 bits per heavy atom. The number of rotatable bonds is 11. The first-order valence-corrected chi connectivity index (χ1v) is 12.7. The van der Waals surface area contributed by atoms with Crippen molar-refractivity contribution in [2.24, 2.45) is 0 Å². The van der Waals surface area contributed by atoms with Gasteiger partial charge in [-0.3, -0.25) is 9.59 Å². The fourth-order valence-electron chi connectivity index (χ4n) is 4.91. The van der Waals surface area contributed by atoms with Crippen LogP contribution in [0.15, 0.2) is 42.5 Å². The third-order valence-corrected chi connectivity index (χ3v) is 6.77. The van der Waals surface area contributed by atoms with Crippen LogP contribution in [0.1, 0.15) is 57.1 Å². The lowest BCUT2D eigenvalue weighted by Gasteiger charge is -2.33. The van der Waals surface area contributed by atoms with E-state index in [1.54, 1.807) is 29.9 Å². The van der Waals surface area contributed by atoms with Gasteiger partial charge in [0.05, 0.1) is 19.7 Å². The molecule has 2 aromatic carbocycles. The molecule has 9 nitrogen and oxygen atoms in total. The van der Waals surface area contributed by atoms with Crippen molar-refractivity contribution in [1.82, 2.24) is 25.2 Å². The third-order valence-electron chi connectivity index (χ3n) is 6.77. The molecule has 4 rings (SSSR count). The molecule has 0 aliphatic heterocycles. The smallest absolute Gasteiger partial charge is 0.247 e. The van der Waals surface area contributed by atoms with E-state index < -0.39 is 6.04 Å². The zero-order valence-electron chi connectivity index (χ0n) is 21.3. The number of carbonyl (C=O) groups excluding carboxylic acids is 2. The SMILES string of the molecule is CCCCN(C(=O)Cn1nnc2ccccc21)C(C(=O)NC1CCCC1)c1cccc(OC)c1OC. The van der Waals surface area contributed by atoms with E-state index in [9.17, 15) is 9.59 Å². The van der Waals surface area contributed by atoms with Crippen molar-refractivity contribution in [1.29, 1.82) is 0 Å². The number of aromatic nitrogens is 3. The van der Waals surface area contributed by atoms with E-state index >= 15 is 0 Å². The molecule has 1 N–H and O–H groups in total. The summed E-state index contributed by atoms with van der Waals surface area (Å²) >= 11 is 0. The lowest BCUT2D eigenvalue weighted by molar-refractivity contribution is -0.142. The number of fused-ring (bicyclic) bond motifs is 1. The van der Waals surface area contributed by atoms with Gasteiger partial charge in [-0.25, -0.2) is 4.68 Å². The standard InChI is InChI=1S/C27H35N5O4/c1-4-5-17-31(24(33)18-32-22-15-9-8-14-21(22)29-30-32)25(27(34)28-19-11-6-7-12-19)20-13-10-16-23(35-2)26(20)36-3/h8-10,13-16,19,25H,4-7,11-12,17-18H2,1-3H3,(H,28,34). The van der Waals surface area contributed by atoms with Crippen LogP contribution in [0.2, 0.25) is 0 Å². The molecule has 1 aliphatic rings. The van der Waals surface area contributed by atoms with Gasteiger partial charge in [-0.1, -0.05) is 55.7 Å². The summed E-state index contributed by atoms with van der Waals surface area (Å²) in [6.07, 6.45) is 5.71. The van der Waals surface area contributed by atoms with Gasteiger partial charge in [-0.2, -0.15) is 0 Å². The zero-order valence-corrected chi connectivity index (χ0v) is 21.3. The Hall–Kier alpha value is -3.62. The first-order valence-electron chi connectivity index (χ1n) is 12.7. The first-order chi connectivity index (χ1) is 17.6. The maximum Gasteiger partial charge on any atom is 0.247 e. The van der Waals surface area contributed by atoms with Crippen molar-refractivity contribution in [2.45, 2.75) is 64.1 Å². The number of methoxy groups -OCH3 is 2. The van der Waals surface area contributed by atoms with E-state index in [0.717, 1.165) is 49.6 Å². The predicted octanol–water partition coefficient (Wildman–Crippen LogP) is 3.88. The second-order valence-corrected chi connectivity index (χ2v) is 9.15. The molecule has 9 heteroatoms. The minimum absolute atomic E-state index is 0.0241. The van der Waals surface area contributed by atoms with Gasteiger partial charge < -0.3 is 19.7 Å². The molecule has 0 saturated heterocycles. The molecule has 0 spiro atoms. The Morgan fingerprint density at radius 3 is 2.61 bits per heavy atom. The normalized spacial score (nSPS) is 14.5. The first kappa shape index (κ1) is 25.5. The highest BCUT2D eigenvalue weighted by Crippen LogP contribution is 2.38. The van der Waals surface area contributed by atoms with E-state index in [4.69, 9.17) is 9.47 Å². The number of para-hydroxylation sites is 2. The van der Waals surface area contributed by atoms with E-state index in [-0.39, 0.29) is 24.4 Å². The average Bonchev–Trinajstić information content (AvgIpc) is 3.56. The summed E-state index contributed by atoms with van der Waals surface area (Å²) in [6.45, 7) is 2.46. The minimum Gasteiger partial charge on any atom is -0.493 e. The number of unbranched alkanes of at least 4 members (excludes halogenated alkanes) is 1. The molecule has 36 heavy (non-hydrogen) atoms. The highest BCUT2D eigenvalue weighted by atomic mass is 16.5. The second kappa shape index (κ2) is 11.9. The maximum atomic E-state index is 13.9. The largest absolute Gasteiger partial charge is 0.493 e. The molecule has 1 atom stereocenters. The summed E-state index contributed by atoms with van der Waals surface area (Å²) in [6, 6.07) is 12.2. The van der Waals surface area contributed by atoms with Crippen molar-refractivity contribution in [3.63, 3.8) is 0 Å². The quantitative estimate of drug-likeness (QED) is 0.435. The Morgan fingerprint density at radius 2 is 1.89 bits per heavy atom. The van der Waals surface area contributed by atoms with Crippen molar-refractivity contribution >= 4 is 22.8 Å². The van der Waals surface area contributed by atoms with Crippen LogP contribution < -0.4 is 14.8 Å². The number of amides is 2. The molecule has 1 aliphatic carbocycles. The maximum absolute atomic E-state index is 13.9. The van der Waals surface area contributed by atoms with E-state index in [1.807, 2.05) is 36.4 Å². The molecule has 1 saturated carbocycles. The molecule has 1 fully saturated rings. The van der Waals surface area contributed by atoms with Gasteiger partial charge in [0, 0.05) is 18.2 Å². The highest BCUT2D eigenvalue weighted by Gasteiger charge is 2.35. The summed E-state index contributed by atoms with van der Waals surface area (Å²) in [4.78, 5) is 29.4. The van der Waals surface area contributed by atoms with Crippen LogP contribution in [0.25, 0.3) is 11.0 Å². The third kappa shape index (κ3) is 5.45. The van der Waals surface area contributed by atoms with Gasteiger partial charge in [-0.15, -0.1) is 5.10 Å². The van der Waals surface area contributed by atoms with Gasteiger partial charge in [0.2, 0.25) is 11.8 Å². The molecule has 192 valence electrons. The fraction of sp³-hybridized carbons (Fsp3) is 0.481. The average molecular weight is 494 g/mol. The van der Waals surface area contributed by atoms with E-state index in [2.05, 4.69) is 22.6 Å². The monoisotopic (exact) mass is 493 g/mol. The van der Waals surface area contributed by atoms with Crippen LogP contribution >= 0.6 is 0 Å². The number of benzene rings is 2. The fourth-order valence-corrected chi connectivity index (χ4v) is 4.91. The number of carbonyl (C=O) groups is 2. The number of nitrogens with one attached hydrogen (secondary N) is 1. The summed E-state index contributed by atoms with van der Waals surface area (Å²) in [5.74, 6) is 0.544. The van der Waals surface area contributed by atoms with Crippen LogP contribution in [0, 0.1) is 0 Å². The summed E-state index contributed by atoms with van der Waals surface area (Å²) in [5, 5.41) is 11.6. The summed E-state index contributed by atoms with van der Waals surface area (Å²) in [7, 11) is 3.11. The Labute approximate surface area is 211 Å². The van der Waals surface area contributed by atoms with Crippen molar-refractivity contribution in [2.75, 3.05) is 20.8 Å². The van der Waals surface area contributed by atoms with Crippen LogP contribution in [0.5, 0.6) is 11.5 Å². The van der Waals surface area contributed by atoms with E-state index in [0.29, 0.717) is 23.6 Å². The molecular weight excluding hydrogens is 458 g/mol. The Bertz CT molecular complexity index is 1190. The number of nitrogens with zero attached hydrogens (tertiary/aromatic N) is 4. The molecule has 1 aromatic heterocycles. The summed E-state index contributed by atoms with van der Waals surface area (Å²) < 4.78 is 12.8. The van der Waals surface area contributed by atoms with Gasteiger partial charge in [0.1, 0.15) is 18.1 Å². The van der Waals surface area contributed by atoms with Crippen molar-refractivity contribution < 1.29 is 19.1 Å². The Kier molecular flexibility index (Phi) is 8.40. The van der Waals surface area contributed by atoms with Gasteiger partial charge in [-0.05, 0) is 37.5 Å². The topological polar surface area (TPSA) is 98.6 Å². The van der Waals surface area contributed by atoms with E-state index in [1.165, 1.54) is 0 Å². The molecule has 0 radical (unpaired) electrons. The summed E-state index contributed by atoms with van der Waals surface area (Å²) in [5.41, 5.74) is 2.09. The lowest BCUT2D eigenvalue weighted by atomic mass is 10.0. The minimum atomic E-state index is -0.871. The van der Waals surface area contributed by atoms with Crippen molar-refractivity contribution in [3.05, 3.63) is 48.0 Å². The molecule has 0 bridgehead atoms. The number of ether oxygens (including phenoxy) is 2. The van der Waals surface area contributed by atoms with Crippen LogP contribution in [-0.2, 0) is 16.1 Å².